The molecule has 1 N–H and O–H groups in total. The summed E-state index contributed by atoms with van der Waals surface area (Å²) in [5.41, 5.74) is 0. The van der Waals surface area contributed by atoms with Crippen molar-refractivity contribution in [2.45, 2.75) is 70.8 Å². The molecular formula is C18H33NO. The lowest BCUT2D eigenvalue weighted by Gasteiger charge is -2.43. The topological polar surface area (TPSA) is 21.3 Å². The smallest absolute Gasteiger partial charge is 0.0510 e. The third-order valence-corrected chi connectivity index (χ3v) is 6.19. The van der Waals surface area contributed by atoms with Crippen LogP contribution in [-0.2, 0) is 4.74 Å². The van der Waals surface area contributed by atoms with E-state index in [-0.39, 0.29) is 0 Å². The quantitative estimate of drug-likeness (QED) is 0.821. The van der Waals surface area contributed by atoms with Crippen molar-refractivity contribution in [3.05, 3.63) is 0 Å². The van der Waals surface area contributed by atoms with Gasteiger partial charge in [-0.3, -0.25) is 0 Å². The first-order chi connectivity index (χ1) is 9.88. The van der Waals surface area contributed by atoms with Crippen molar-refractivity contribution in [3.63, 3.8) is 0 Å². The number of fused-ring (bicyclic) bond motifs is 1. The lowest BCUT2D eigenvalue weighted by Crippen LogP contribution is -2.46. The van der Waals surface area contributed by atoms with Crippen molar-refractivity contribution in [2.24, 2.45) is 23.7 Å². The fraction of sp³-hybridized carbons (Fsp3) is 1.00. The van der Waals surface area contributed by atoms with Crippen LogP contribution >= 0.6 is 0 Å². The standard InChI is InChI=1S/C18H33NO/c1-2-10-19-18(17-9-11-20-13-17)16-8-7-14-5-3-4-6-15(14)12-16/h14-19H,2-13H2,1H3. The minimum atomic E-state index is 0.736. The van der Waals surface area contributed by atoms with Crippen LogP contribution in [-0.4, -0.2) is 25.8 Å². The SMILES string of the molecule is CCCNC(C1CCOC1)C1CCC2CCCCC2C1. The molecular weight excluding hydrogens is 246 g/mol. The number of hydrogen-bond acceptors (Lipinski definition) is 2. The molecule has 5 atom stereocenters. The van der Waals surface area contributed by atoms with Gasteiger partial charge in [0.05, 0.1) is 6.61 Å². The van der Waals surface area contributed by atoms with E-state index in [1.807, 2.05) is 0 Å². The zero-order chi connectivity index (χ0) is 13.8. The maximum absolute atomic E-state index is 5.68. The van der Waals surface area contributed by atoms with Gasteiger partial charge >= 0.3 is 0 Å². The van der Waals surface area contributed by atoms with Gasteiger partial charge < -0.3 is 10.1 Å². The van der Waals surface area contributed by atoms with Crippen LogP contribution in [0.2, 0.25) is 0 Å². The van der Waals surface area contributed by atoms with E-state index >= 15 is 0 Å². The highest BCUT2D eigenvalue weighted by Gasteiger charge is 2.38. The van der Waals surface area contributed by atoms with Crippen molar-refractivity contribution in [3.8, 4) is 0 Å². The molecule has 0 aromatic rings. The average molecular weight is 279 g/mol. The molecule has 0 aromatic heterocycles. The van der Waals surface area contributed by atoms with Crippen LogP contribution in [0.1, 0.15) is 64.7 Å². The summed E-state index contributed by atoms with van der Waals surface area (Å²) in [5, 5.41) is 3.90. The predicted molar refractivity (Wildman–Crippen MR) is 83.8 cm³/mol. The molecule has 1 heterocycles. The van der Waals surface area contributed by atoms with Crippen LogP contribution < -0.4 is 5.32 Å². The Morgan fingerprint density at radius 3 is 2.60 bits per heavy atom. The summed E-state index contributed by atoms with van der Waals surface area (Å²) >= 11 is 0. The Labute approximate surface area is 125 Å². The zero-order valence-electron chi connectivity index (χ0n) is 13.3. The van der Waals surface area contributed by atoms with Gasteiger partial charge in [0.1, 0.15) is 0 Å². The normalized spacial score (nSPS) is 39.5. The maximum Gasteiger partial charge on any atom is 0.0510 e. The molecule has 2 aliphatic carbocycles. The summed E-state index contributed by atoms with van der Waals surface area (Å²) in [6, 6.07) is 0.736. The van der Waals surface area contributed by atoms with Gasteiger partial charge in [-0.15, -0.1) is 0 Å². The molecule has 5 unspecified atom stereocenters. The van der Waals surface area contributed by atoms with Gasteiger partial charge in [0, 0.05) is 18.6 Å². The van der Waals surface area contributed by atoms with Gasteiger partial charge in [-0.05, 0) is 56.4 Å². The molecule has 0 radical (unpaired) electrons. The minimum absolute atomic E-state index is 0.736. The fourth-order valence-corrected chi connectivity index (χ4v) is 5.10. The first-order valence-corrected chi connectivity index (χ1v) is 9.19. The van der Waals surface area contributed by atoms with E-state index in [0.29, 0.717) is 0 Å². The van der Waals surface area contributed by atoms with E-state index in [1.165, 1.54) is 64.3 Å². The maximum atomic E-state index is 5.68. The summed E-state index contributed by atoms with van der Waals surface area (Å²) in [5.74, 6) is 3.83. The molecule has 20 heavy (non-hydrogen) atoms. The van der Waals surface area contributed by atoms with Crippen LogP contribution in [0.25, 0.3) is 0 Å². The molecule has 2 saturated carbocycles. The molecule has 2 heteroatoms. The molecule has 1 aliphatic heterocycles. The molecule has 116 valence electrons. The number of rotatable bonds is 5. The van der Waals surface area contributed by atoms with Crippen LogP contribution in [0.4, 0.5) is 0 Å². The number of nitrogens with one attached hydrogen (secondary N) is 1. The van der Waals surface area contributed by atoms with Crippen molar-refractivity contribution in [1.29, 1.82) is 0 Å². The molecule has 3 aliphatic rings. The summed E-state index contributed by atoms with van der Waals surface area (Å²) in [4.78, 5) is 0. The second-order valence-electron chi connectivity index (χ2n) is 7.48. The molecule has 3 fully saturated rings. The van der Waals surface area contributed by atoms with E-state index in [4.69, 9.17) is 4.74 Å². The van der Waals surface area contributed by atoms with E-state index < -0.39 is 0 Å². The number of hydrogen-bond donors (Lipinski definition) is 1. The van der Waals surface area contributed by atoms with Crippen molar-refractivity contribution < 1.29 is 4.74 Å². The van der Waals surface area contributed by atoms with Gasteiger partial charge in [0.25, 0.3) is 0 Å². The second-order valence-corrected chi connectivity index (χ2v) is 7.48. The molecule has 0 spiro atoms. The van der Waals surface area contributed by atoms with Gasteiger partial charge in [0.2, 0.25) is 0 Å². The minimum Gasteiger partial charge on any atom is -0.381 e. The van der Waals surface area contributed by atoms with Crippen LogP contribution in [0.15, 0.2) is 0 Å². The Hall–Kier alpha value is -0.0800. The van der Waals surface area contributed by atoms with Gasteiger partial charge in [-0.2, -0.15) is 0 Å². The Balaban J connectivity index is 1.60. The summed E-state index contributed by atoms with van der Waals surface area (Å²) < 4.78 is 5.68. The Morgan fingerprint density at radius 2 is 1.85 bits per heavy atom. The molecule has 2 nitrogen and oxygen atoms in total. The third kappa shape index (κ3) is 3.39. The summed E-state index contributed by atoms with van der Waals surface area (Å²) in [6.45, 7) is 5.47. The highest BCUT2D eigenvalue weighted by molar-refractivity contribution is 4.91. The molecule has 0 aromatic carbocycles. The van der Waals surface area contributed by atoms with Gasteiger partial charge in [-0.25, -0.2) is 0 Å². The average Bonchev–Trinajstić information content (AvgIpc) is 3.02. The monoisotopic (exact) mass is 279 g/mol. The molecule has 3 rings (SSSR count). The van der Waals surface area contributed by atoms with E-state index in [2.05, 4.69) is 12.2 Å². The van der Waals surface area contributed by atoms with E-state index in [9.17, 15) is 0 Å². The highest BCUT2D eigenvalue weighted by Crippen LogP contribution is 2.44. The molecule has 0 bridgehead atoms. The lowest BCUT2D eigenvalue weighted by molar-refractivity contribution is 0.0875. The predicted octanol–water partition coefficient (Wildman–Crippen LogP) is 4.00. The first-order valence-electron chi connectivity index (χ1n) is 9.19. The van der Waals surface area contributed by atoms with Gasteiger partial charge in [-0.1, -0.05) is 32.6 Å². The van der Waals surface area contributed by atoms with Crippen LogP contribution in [0, 0.1) is 23.7 Å². The Morgan fingerprint density at radius 1 is 1.00 bits per heavy atom. The summed E-state index contributed by atoms with van der Waals surface area (Å²) in [7, 11) is 0. The Kier molecular flexibility index (Phi) is 5.39. The lowest BCUT2D eigenvalue weighted by atomic mass is 9.65. The third-order valence-electron chi connectivity index (χ3n) is 6.19. The zero-order valence-corrected chi connectivity index (χ0v) is 13.3. The Bertz CT molecular complexity index is 287. The molecule has 0 amide bonds. The largest absolute Gasteiger partial charge is 0.381 e. The van der Waals surface area contributed by atoms with Gasteiger partial charge in [0.15, 0.2) is 0 Å². The van der Waals surface area contributed by atoms with Crippen molar-refractivity contribution >= 4 is 0 Å². The van der Waals surface area contributed by atoms with Crippen molar-refractivity contribution in [1.82, 2.24) is 5.32 Å². The highest BCUT2D eigenvalue weighted by atomic mass is 16.5. The van der Waals surface area contributed by atoms with Crippen LogP contribution in [0.3, 0.4) is 0 Å². The van der Waals surface area contributed by atoms with Crippen LogP contribution in [0.5, 0.6) is 0 Å². The second kappa shape index (κ2) is 7.26. The fourth-order valence-electron chi connectivity index (χ4n) is 5.10. The van der Waals surface area contributed by atoms with Crippen molar-refractivity contribution in [2.75, 3.05) is 19.8 Å². The van der Waals surface area contributed by atoms with E-state index in [1.54, 1.807) is 0 Å². The molecule has 1 saturated heterocycles. The first kappa shape index (κ1) is 14.8. The number of ether oxygens (including phenoxy) is 1. The summed E-state index contributed by atoms with van der Waals surface area (Å²) in [6.07, 6.45) is 13.1. The van der Waals surface area contributed by atoms with E-state index in [0.717, 1.165) is 42.9 Å².